The fourth-order valence-electron chi connectivity index (χ4n) is 2.57. The Balaban J connectivity index is 1.80. The summed E-state index contributed by atoms with van der Waals surface area (Å²) >= 11 is 0. The van der Waals surface area contributed by atoms with E-state index in [1.807, 2.05) is 31.3 Å². The molecular weight excluding hydrogens is 266 g/mol. The van der Waals surface area contributed by atoms with Crippen molar-refractivity contribution in [1.29, 1.82) is 0 Å². The van der Waals surface area contributed by atoms with Gasteiger partial charge in [-0.25, -0.2) is 4.98 Å². The van der Waals surface area contributed by atoms with Gasteiger partial charge in [-0.1, -0.05) is 18.2 Å². The van der Waals surface area contributed by atoms with Gasteiger partial charge in [0.25, 0.3) is 5.91 Å². The average molecular weight is 285 g/mol. The van der Waals surface area contributed by atoms with Crippen LogP contribution in [-0.2, 0) is 4.74 Å². The lowest BCUT2D eigenvalue weighted by molar-refractivity contribution is 0.0940. The number of rotatable bonds is 4. The number of hydrogen-bond acceptors (Lipinski definition) is 4. The third-order valence-electron chi connectivity index (χ3n) is 3.79. The third kappa shape index (κ3) is 2.97. The summed E-state index contributed by atoms with van der Waals surface area (Å²) in [5, 5.41) is 7.08. The molecule has 1 amide bonds. The minimum atomic E-state index is -0.135. The summed E-state index contributed by atoms with van der Waals surface area (Å²) in [6.45, 7) is 2.16. The highest BCUT2D eigenvalue weighted by molar-refractivity contribution is 5.99. The molecule has 1 fully saturated rings. The summed E-state index contributed by atoms with van der Waals surface area (Å²) < 4.78 is 5.31. The first-order valence-electron chi connectivity index (χ1n) is 7.21. The van der Waals surface area contributed by atoms with Gasteiger partial charge in [-0.15, -0.1) is 0 Å². The first-order valence-corrected chi connectivity index (χ1v) is 7.21. The molecule has 21 heavy (non-hydrogen) atoms. The number of fused-ring (bicyclic) bond motifs is 1. The molecular formula is C16H19N3O2. The second kappa shape index (κ2) is 6.10. The number of aromatic nitrogens is 1. The Morgan fingerprint density at radius 2 is 2.29 bits per heavy atom. The second-order valence-electron chi connectivity index (χ2n) is 5.26. The molecule has 5 nitrogen and oxygen atoms in total. The third-order valence-corrected chi connectivity index (χ3v) is 3.79. The minimum absolute atomic E-state index is 0.135. The van der Waals surface area contributed by atoms with Crippen molar-refractivity contribution >= 4 is 22.5 Å². The molecule has 1 aromatic carbocycles. The van der Waals surface area contributed by atoms with Crippen LogP contribution in [0.25, 0.3) is 10.9 Å². The maximum atomic E-state index is 12.3. The topological polar surface area (TPSA) is 63.2 Å². The van der Waals surface area contributed by atoms with Crippen molar-refractivity contribution in [2.24, 2.45) is 5.92 Å². The quantitative estimate of drug-likeness (QED) is 0.902. The van der Waals surface area contributed by atoms with Crippen LogP contribution in [0, 0.1) is 5.92 Å². The molecule has 1 aliphatic rings. The summed E-state index contributed by atoms with van der Waals surface area (Å²) in [6.07, 6.45) is 1.01. The maximum Gasteiger partial charge on any atom is 0.269 e. The van der Waals surface area contributed by atoms with E-state index in [0.29, 0.717) is 18.2 Å². The van der Waals surface area contributed by atoms with Gasteiger partial charge in [-0.3, -0.25) is 4.79 Å². The van der Waals surface area contributed by atoms with E-state index in [2.05, 4.69) is 15.6 Å². The van der Waals surface area contributed by atoms with Crippen molar-refractivity contribution in [3.8, 4) is 0 Å². The van der Waals surface area contributed by atoms with Crippen LogP contribution in [0.1, 0.15) is 16.9 Å². The Bertz CT molecular complexity index is 651. The Hall–Kier alpha value is -2.14. The molecule has 2 heterocycles. The molecule has 2 N–H and O–H groups in total. The molecule has 1 unspecified atom stereocenters. The van der Waals surface area contributed by atoms with Crippen molar-refractivity contribution in [3.05, 3.63) is 36.0 Å². The number of ether oxygens (including phenoxy) is 1. The summed E-state index contributed by atoms with van der Waals surface area (Å²) in [6, 6.07) is 9.59. The highest BCUT2D eigenvalue weighted by Gasteiger charge is 2.18. The van der Waals surface area contributed by atoms with E-state index in [1.54, 1.807) is 6.07 Å². The molecule has 2 aromatic rings. The van der Waals surface area contributed by atoms with E-state index in [-0.39, 0.29) is 5.91 Å². The molecule has 110 valence electrons. The lowest BCUT2D eigenvalue weighted by atomic mass is 10.1. The van der Waals surface area contributed by atoms with Crippen LogP contribution in [0.2, 0.25) is 0 Å². The van der Waals surface area contributed by atoms with Gasteiger partial charge in [0.1, 0.15) is 5.69 Å². The smallest absolute Gasteiger partial charge is 0.269 e. The number of nitrogens with one attached hydrogen (secondary N) is 2. The number of nitrogens with zero attached hydrogens (tertiary/aromatic N) is 1. The number of pyridine rings is 1. The fraction of sp³-hybridized carbons (Fsp3) is 0.375. The van der Waals surface area contributed by atoms with E-state index >= 15 is 0 Å². The van der Waals surface area contributed by atoms with Crippen LogP contribution in [0.5, 0.6) is 0 Å². The van der Waals surface area contributed by atoms with Crippen LogP contribution >= 0.6 is 0 Å². The van der Waals surface area contributed by atoms with Crippen molar-refractivity contribution in [2.75, 3.05) is 32.1 Å². The van der Waals surface area contributed by atoms with Crippen molar-refractivity contribution < 1.29 is 9.53 Å². The zero-order chi connectivity index (χ0) is 14.7. The molecule has 0 saturated carbocycles. The Labute approximate surface area is 123 Å². The van der Waals surface area contributed by atoms with Gasteiger partial charge >= 0.3 is 0 Å². The van der Waals surface area contributed by atoms with E-state index in [1.165, 1.54) is 0 Å². The SMILES string of the molecule is CNc1cc(C(=O)NCC2CCOC2)nc2ccccc12. The predicted molar refractivity (Wildman–Crippen MR) is 82.5 cm³/mol. The number of amides is 1. The van der Waals surface area contributed by atoms with Crippen LogP contribution < -0.4 is 10.6 Å². The first-order chi connectivity index (χ1) is 10.3. The van der Waals surface area contributed by atoms with Crippen LogP contribution in [0.3, 0.4) is 0 Å². The van der Waals surface area contributed by atoms with E-state index in [9.17, 15) is 4.79 Å². The number of anilines is 1. The van der Waals surface area contributed by atoms with Crippen molar-refractivity contribution in [1.82, 2.24) is 10.3 Å². The predicted octanol–water partition coefficient (Wildman–Crippen LogP) is 2.04. The Morgan fingerprint density at radius 3 is 3.05 bits per heavy atom. The molecule has 0 aliphatic carbocycles. The van der Waals surface area contributed by atoms with Gasteiger partial charge in [0.15, 0.2) is 0 Å². The number of benzene rings is 1. The molecule has 1 atom stereocenters. The van der Waals surface area contributed by atoms with Crippen molar-refractivity contribution in [3.63, 3.8) is 0 Å². The molecule has 3 rings (SSSR count). The number of hydrogen-bond donors (Lipinski definition) is 2. The fourth-order valence-corrected chi connectivity index (χ4v) is 2.57. The van der Waals surface area contributed by atoms with E-state index in [0.717, 1.165) is 36.2 Å². The molecule has 1 aromatic heterocycles. The summed E-state index contributed by atoms with van der Waals surface area (Å²) in [7, 11) is 1.85. The number of carbonyl (C=O) groups is 1. The summed E-state index contributed by atoms with van der Waals surface area (Å²) in [4.78, 5) is 16.7. The minimum Gasteiger partial charge on any atom is -0.388 e. The standard InChI is InChI=1S/C16H19N3O2/c1-17-14-8-15(19-13-5-3-2-4-12(13)14)16(20)18-9-11-6-7-21-10-11/h2-5,8,11H,6-7,9-10H2,1H3,(H,17,19)(H,18,20). The Kier molecular flexibility index (Phi) is 4.01. The highest BCUT2D eigenvalue weighted by Crippen LogP contribution is 2.22. The van der Waals surface area contributed by atoms with Gasteiger partial charge < -0.3 is 15.4 Å². The Morgan fingerprint density at radius 1 is 1.43 bits per heavy atom. The zero-order valence-corrected chi connectivity index (χ0v) is 12.1. The van der Waals surface area contributed by atoms with E-state index in [4.69, 9.17) is 4.74 Å². The van der Waals surface area contributed by atoms with Crippen molar-refractivity contribution in [2.45, 2.75) is 6.42 Å². The first kappa shape index (κ1) is 13.8. The molecule has 1 saturated heterocycles. The second-order valence-corrected chi connectivity index (χ2v) is 5.26. The molecule has 5 heteroatoms. The van der Waals surface area contributed by atoms with Gasteiger partial charge in [-0.05, 0) is 18.6 Å². The van der Waals surface area contributed by atoms with Crippen LogP contribution in [-0.4, -0.2) is 37.7 Å². The normalized spacial score (nSPS) is 17.9. The maximum absolute atomic E-state index is 12.3. The summed E-state index contributed by atoms with van der Waals surface area (Å²) in [5.74, 6) is 0.280. The van der Waals surface area contributed by atoms with Gasteiger partial charge in [0, 0.05) is 37.2 Å². The van der Waals surface area contributed by atoms with Gasteiger partial charge in [0.2, 0.25) is 0 Å². The van der Waals surface area contributed by atoms with Gasteiger partial charge in [0.05, 0.1) is 12.1 Å². The highest BCUT2D eigenvalue weighted by atomic mass is 16.5. The lowest BCUT2D eigenvalue weighted by Crippen LogP contribution is -2.30. The number of para-hydroxylation sites is 1. The van der Waals surface area contributed by atoms with Crippen LogP contribution in [0.4, 0.5) is 5.69 Å². The number of carbonyl (C=O) groups excluding carboxylic acids is 1. The molecule has 0 bridgehead atoms. The van der Waals surface area contributed by atoms with Crippen LogP contribution in [0.15, 0.2) is 30.3 Å². The molecule has 0 radical (unpaired) electrons. The van der Waals surface area contributed by atoms with E-state index < -0.39 is 0 Å². The zero-order valence-electron chi connectivity index (χ0n) is 12.1. The summed E-state index contributed by atoms with van der Waals surface area (Å²) in [5.41, 5.74) is 2.17. The van der Waals surface area contributed by atoms with Gasteiger partial charge in [-0.2, -0.15) is 0 Å². The monoisotopic (exact) mass is 285 g/mol. The molecule has 0 spiro atoms. The molecule has 1 aliphatic heterocycles. The lowest BCUT2D eigenvalue weighted by Gasteiger charge is -2.11. The largest absolute Gasteiger partial charge is 0.388 e. The average Bonchev–Trinajstić information content (AvgIpc) is 3.04.